The molecular formula is C19H25NO2. The predicted molar refractivity (Wildman–Crippen MR) is 89.0 cm³/mol. The Hall–Kier alpha value is -1.77. The fourth-order valence-corrected chi connectivity index (χ4v) is 3.43. The number of amides is 1. The average molecular weight is 299 g/mol. The van der Waals surface area contributed by atoms with Gasteiger partial charge in [-0.1, -0.05) is 19.8 Å². The van der Waals surface area contributed by atoms with Crippen LogP contribution in [0.4, 0.5) is 0 Å². The summed E-state index contributed by atoms with van der Waals surface area (Å²) in [7, 11) is 0. The first kappa shape index (κ1) is 15.1. The van der Waals surface area contributed by atoms with E-state index in [2.05, 4.69) is 38.2 Å². The van der Waals surface area contributed by atoms with Gasteiger partial charge < -0.3 is 9.73 Å². The topological polar surface area (TPSA) is 42.2 Å². The maximum atomic E-state index is 12.4. The van der Waals surface area contributed by atoms with Gasteiger partial charge in [-0.2, -0.15) is 0 Å². The van der Waals surface area contributed by atoms with Crippen LogP contribution in [-0.4, -0.2) is 11.9 Å². The molecule has 3 heteroatoms. The van der Waals surface area contributed by atoms with Crippen LogP contribution in [0.3, 0.4) is 0 Å². The van der Waals surface area contributed by atoms with Gasteiger partial charge in [0.15, 0.2) is 0 Å². The van der Waals surface area contributed by atoms with Gasteiger partial charge in [0.05, 0.1) is 12.7 Å². The number of benzene rings is 1. The number of fused-ring (bicyclic) bond motifs is 1. The van der Waals surface area contributed by atoms with Crippen LogP contribution in [0.1, 0.15) is 49.3 Å². The normalized spacial score (nSPS) is 22.0. The lowest BCUT2D eigenvalue weighted by Gasteiger charge is -2.29. The lowest BCUT2D eigenvalue weighted by Crippen LogP contribution is -2.41. The van der Waals surface area contributed by atoms with Crippen LogP contribution in [-0.2, 0) is 11.2 Å². The molecular weight excluding hydrogens is 274 g/mol. The zero-order chi connectivity index (χ0) is 15.7. The molecule has 1 N–H and O–H groups in total. The molecule has 0 bridgehead atoms. The van der Waals surface area contributed by atoms with Crippen LogP contribution in [0.25, 0.3) is 11.0 Å². The Morgan fingerprint density at radius 2 is 1.95 bits per heavy atom. The van der Waals surface area contributed by atoms with Gasteiger partial charge in [0.2, 0.25) is 5.91 Å². The summed E-state index contributed by atoms with van der Waals surface area (Å²) in [6.45, 7) is 6.41. The molecule has 3 nitrogen and oxygen atoms in total. The number of nitrogens with one attached hydrogen (secondary N) is 1. The third-order valence-corrected chi connectivity index (χ3v) is 5.08. The van der Waals surface area contributed by atoms with Crippen molar-refractivity contribution in [3.8, 4) is 0 Å². The first-order valence-electron chi connectivity index (χ1n) is 8.31. The van der Waals surface area contributed by atoms with E-state index in [0.29, 0.717) is 18.4 Å². The monoisotopic (exact) mass is 299 g/mol. The minimum Gasteiger partial charge on any atom is -0.464 e. The first-order chi connectivity index (χ1) is 10.5. The lowest BCUT2D eigenvalue weighted by atomic mass is 9.86. The zero-order valence-electron chi connectivity index (χ0n) is 13.7. The summed E-state index contributed by atoms with van der Waals surface area (Å²) < 4.78 is 5.62. The highest BCUT2D eigenvalue weighted by atomic mass is 16.3. The maximum Gasteiger partial charge on any atom is 0.224 e. The summed E-state index contributed by atoms with van der Waals surface area (Å²) in [5.74, 6) is 0.698. The van der Waals surface area contributed by atoms with Crippen molar-refractivity contribution in [3.05, 3.63) is 35.1 Å². The molecule has 0 unspecified atom stereocenters. The third kappa shape index (κ3) is 3.03. The Balaban J connectivity index is 1.72. The van der Waals surface area contributed by atoms with Gasteiger partial charge in [0.1, 0.15) is 5.58 Å². The van der Waals surface area contributed by atoms with Crippen LogP contribution >= 0.6 is 0 Å². The number of aryl methyl sites for hydroxylation is 2. The summed E-state index contributed by atoms with van der Waals surface area (Å²) in [5, 5.41) is 4.28. The summed E-state index contributed by atoms with van der Waals surface area (Å²) in [5.41, 5.74) is 4.31. The number of carbonyl (C=O) groups excluding carboxylic acids is 1. The largest absolute Gasteiger partial charge is 0.464 e. The van der Waals surface area contributed by atoms with Crippen LogP contribution < -0.4 is 5.32 Å². The van der Waals surface area contributed by atoms with E-state index in [1.54, 1.807) is 6.26 Å². The van der Waals surface area contributed by atoms with Crippen LogP contribution in [0.15, 0.2) is 22.8 Å². The molecule has 1 heterocycles. The van der Waals surface area contributed by atoms with E-state index in [1.165, 1.54) is 30.4 Å². The lowest BCUT2D eigenvalue weighted by molar-refractivity contribution is -0.121. The second-order valence-corrected chi connectivity index (χ2v) is 6.81. The van der Waals surface area contributed by atoms with Crippen molar-refractivity contribution in [2.75, 3.05) is 0 Å². The van der Waals surface area contributed by atoms with Gasteiger partial charge in [-0.05, 0) is 55.9 Å². The molecule has 2 aromatic rings. The SMILES string of the molecule is Cc1cc2occ(CC(=O)N[C@@H]3CCCC[C@@H]3C)c2cc1C. The number of carbonyl (C=O) groups is 1. The molecule has 0 radical (unpaired) electrons. The van der Waals surface area contributed by atoms with Crippen molar-refractivity contribution in [2.24, 2.45) is 5.92 Å². The second-order valence-electron chi connectivity index (χ2n) is 6.81. The van der Waals surface area contributed by atoms with Gasteiger partial charge in [-0.15, -0.1) is 0 Å². The second kappa shape index (κ2) is 6.15. The molecule has 118 valence electrons. The molecule has 22 heavy (non-hydrogen) atoms. The highest BCUT2D eigenvalue weighted by molar-refractivity contribution is 5.88. The van der Waals surface area contributed by atoms with Crippen molar-refractivity contribution in [3.63, 3.8) is 0 Å². The Morgan fingerprint density at radius 3 is 2.73 bits per heavy atom. The maximum absolute atomic E-state index is 12.4. The van der Waals surface area contributed by atoms with E-state index in [0.717, 1.165) is 23.0 Å². The van der Waals surface area contributed by atoms with E-state index in [-0.39, 0.29) is 5.91 Å². The molecule has 0 spiro atoms. The first-order valence-corrected chi connectivity index (χ1v) is 8.31. The number of hydrogen-bond acceptors (Lipinski definition) is 2. The minimum atomic E-state index is 0.111. The van der Waals surface area contributed by atoms with Crippen molar-refractivity contribution >= 4 is 16.9 Å². The zero-order valence-corrected chi connectivity index (χ0v) is 13.7. The van der Waals surface area contributed by atoms with Crippen LogP contribution in [0.5, 0.6) is 0 Å². The van der Waals surface area contributed by atoms with Gasteiger partial charge >= 0.3 is 0 Å². The van der Waals surface area contributed by atoms with E-state index in [1.807, 2.05) is 0 Å². The fourth-order valence-electron chi connectivity index (χ4n) is 3.43. The summed E-state index contributed by atoms with van der Waals surface area (Å²) in [6.07, 6.45) is 6.97. The highest BCUT2D eigenvalue weighted by Crippen LogP contribution is 2.26. The standard InChI is InChI=1S/C19H25NO2/c1-12-6-4-5-7-17(12)20-19(21)10-15-11-22-18-9-14(3)13(2)8-16(15)18/h8-9,11-12,17H,4-7,10H2,1-3H3,(H,20,21)/t12-,17+/m0/s1. The molecule has 1 aromatic heterocycles. The fraction of sp³-hybridized carbons (Fsp3) is 0.526. The van der Waals surface area contributed by atoms with Gasteiger partial charge in [0.25, 0.3) is 0 Å². The molecule has 1 fully saturated rings. The molecule has 0 saturated heterocycles. The predicted octanol–water partition coefficient (Wildman–Crippen LogP) is 4.29. The van der Waals surface area contributed by atoms with Gasteiger partial charge in [-0.25, -0.2) is 0 Å². The smallest absolute Gasteiger partial charge is 0.224 e. The summed E-state index contributed by atoms with van der Waals surface area (Å²) >= 11 is 0. The van der Waals surface area contributed by atoms with Crippen molar-refractivity contribution in [1.29, 1.82) is 0 Å². The summed E-state index contributed by atoms with van der Waals surface area (Å²) in [4.78, 5) is 12.4. The van der Waals surface area contributed by atoms with Crippen molar-refractivity contribution in [1.82, 2.24) is 5.32 Å². The minimum absolute atomic E-state index is 0.111. The molecule has 0 aliphatic heterocycles. The Bertz CT molecular complexity index is 686. The number of hydrogen-bond donors (Lipinski definition) is 1. The average Bonchev–Trinajstić information content (AvgIpc) is 2.84. The molecule has 2 atom stereocenters. The van der Waals surface area contributed by atoms with Crippen LogP contribution in [0, 0.1) is 19.8 Å². The van der Waals surface area contributed by atoms with Gasteiger partial charge in [0, 0.05) is 17.0 Å². The molecule has 1 aliphatic carbocycles. The summed E-state index contributed by atoms with van der Waals surface area (Å²) in [6, 6.07) is 4.51. The van der Waals surface area contributed by atoms with Crippen molar-refractivity contribution in [2.45, 2.75) is 58.9 Å². The number of furan rings is 1. The Labute approximate surface area is 132 Å². The number of rotatable bonds is 3. The quantitative estimate of drug-likeness (QED) is 0.918. The van der Waals surface area contributed by atoms with Crippen LogP contribution in [0.2, 0.25) is 0 Å². The molecule has 3 rings (SSSR count). The van der Waals surface area contributed by atoms with E-state index in [4.69, 9.17) is 4.42 Å². The molecule has 1 saturated carbocycles. The highest BCUT2D eigenvalue weighted by Gasteiger charge is 2.23. The van der Waals surface area contributed by atoms with E-state index in [9.17, 15) is 4.79 Å². The molecule has 1 amide bonds. The molecule has 1 aliphatic rings. The van der Waals surface area contributed by atoms with E-state index < -0.39 is 0 Å². The van der Waals surface area contributed by atoms with E-state index >= 15 is 0 Å². The third-order valence-electron chi connectivity index (χ3n) is 5.08. The Morgan fingerprint density at radius 1 is 1.23 bits per heavy atom. The van der Waals surface area contributed by atoms with Gasteiger partial charge in [-0.3, -0.25) is 4.79 Å². The molecule has 1 aromatic carbocycles. The Kier molecular flexibility index (Phi) is 4.23. The van der Waals surface area contributed by atoms with Crippen molar-refractivity contribution < 1.29 is 9.21 Å².